The normalized spacial score (nSPS) is 10.4. The number of nitrogens with one attached hydrogen (secondary N) is 1. The Morgan fingerprint density at radius 2 is 1.61 bits per heavy atom. The largest absolute Gasteiger partial charge is 0.507 e. The van der Waals surface area contributed by atoms with E-state index >= 15 is 0 Å². The number of hydrazone groups is 1. The first kappa shape index (κ1) is 20.2. The van der Waals surface area contributed by atoms with Crippen LogP contribution < -0.4 is 14.9 Å². The highest BCUT2D eigenvalue weighted by Gasteiger charge is 2.11. The van der Waals surface area contributed by atoms with Crippen molar-refractivity contribution in [3.63, 3.8) is 0 Å². The van der Waals surface area contributed by atoms with Crippen LogP contribution in [0.3, 0.4) is 0 Å². The number of carboxylic acid groups (broad SMARTS) is 2. The van der Waals surface area contributed by atoms with Crippen LogP contribution in [0.4, 0.5) is 0 Å². The molecule has 0 aliphatic rings. The molecule has 1 amide bonds. The fourth-order valence-corrected chi connectivity index (χ4v) is 2.01. The highest BCUT2D eigenvalue weighted by atomic mass is 16.5. The van der Waals surface area contributed by atoms with Crippen molar-refractivity contribution in [3.05, 3.63) is 53.6 Å². The molecule has 0 saturated heterocycles. The Balaban J connectivity index is 2.11. The minimum atomic E-state index is -1.22. The van der Waals surface area contributed by atoms with E-state index in [9.17, 15) is 19.5 Å². The summed E-state index contributed by atoms with van der Waals surface area (Å²) in [5, 5.41) is 30.8. The van der Waals surface area contributed by atoms with Crippen LogP contribution in [0.1, 0.15) is 15.9 Å². The molecule has 0 saturated carbocycles. The van der Waals surface area contributed by atoms with Crippen molar-refractivity contribution in [2.75, 3.05) is 13.2 Å². The van der Waals surface area contributed by atoms with Crippen molar-refractivity contribution in [2.24, 2.45) is 5.10 Å². The zero-order valence-electron chi connectivity index (χ0n) is 14.4. The molecule has 0 bridgehead atoms. The van der Waals surface area contributed by atoms with Gasteiger partial charge in [0.1, 0.15) is 5.75 Å². The number of hydrogen-bond acceptors (Lipinski definition) is 7. The van der Waals surface area contributed by atoms with E-state index in [1.165, 1.54) is 36.5 Å². The molecule has 146 valence electrons. The van der Waals surface area contributed by atoms with E-state index in [4.69, 9.17) is 19.7 Å². The maximum absolute atomic E-state index is 12.0. The Morgan fingerprint density at radius 3 is 2.25 bits per heavy atom. The maximum atomic E-state index is 12.0. The average molecular weight is 388 g/mol. The minimum Gasteiger partial charge on any atom is -0.507 e. The third-order valence-corrected chi connectivity index (χ3v) is 3.20. The zero-order chi connectivity index (χ0) is 20.5. The minimum absolute atomic E-state index is 0.000342. The maximum Gasteiger partial charge on any atom is 0.341 e. The molecule has 10 heteroatoms. The number of aromatic hydroxyl groups is 1. The quantitative estimate of drug-likeness (QED) is 0.367. The Hall–Kier alpha value is -4.08. The topological polar surface area (TPSA) is 155 Å². The summed E-state index contributed by atoms with van der Waals surface area (Å²) in [6.07, 6.45) is 1.26. The highest BCUT2D eigenvalue weighted by molar-refractivity contribution is 5.97. The van der Waals surface area contributed by atoms with Gasteiger partial charge in [-0.2, -0.15) is 5.10 Å². The molecule has 0 radical (unpaired) electrons. The van der Waals surface area contributed by atoms with Crippen LogP contribution >= 0.6 is 0 Å². The van der Waals surface area contributed by atoms with E-state index in [0.29, 0.717) is 5.56 Å². The molecular formula is C18H16N2O8. The number of amides is 1. The molecule has 0 aliphatic heterocycles. The average Bonchev–Trinajstić information content (AvgIpc) is 2.65. The number of ether oxygens (including phenoxy) is 2. The molecule has 0 aromatic heterocycles. The monoisotopic (exact) mass is 388 g/mol. The number of carbonyl (C=O) groups excluding carboxylic acids is 1. The second-order valence-electron chi connectivity index (χ2n) is 5.29. The van der Waals surface area contributed by atoms with Gasteiger partial charge >= 0.3 is 11.9 Å². The first-order valence-corrected chi connectivity index (χ1v) is 7.81. The molecule has 0 spiro atoms. The van der Waals surface area contributed by atoms with E-state index in [1.54, 1.807) is 12.1 Å². The lowest BCUT2D eigenvalue weighted by molar-refractivity contribution is -0.140. The number of carboxylic acids is 2. The fourth-order valence-electron chi connectivity index (χ4n) is 2.01. The van der Waals surface area contributed by atoms with Gasteiger partial charge in [-0.05, 0) is 35.9 Å². The number of phenols is 1. The Kier molecular flexibility index (Phi) is 6.92. The summed E-state index contributed by atoms with van der Waals surface area (Å²) < 4.78 is 10.1. The van der Waals surface area contributed by atoms with Crippen LogP contribution in [0, 0.1) is 0 Å². The smallest absolute Gasteiger partial charge is 0.341 e. The number of phenolic OH excluding ortho intramolecular Hbond substituents is 1. The molecular weight excluding hydrogens is 372 g/mol. The van der Waals surface area contributed by atoms with E-state index in [0.717, 1.165) is 0 Å². The van der Waals surface area contributed by atoms with Gasteiger partial charge in [-0.3, -0.25) is 4.79 Å². The molecule has 2 aromatic rings. The second-order valence-corrected chi connectivity index (χ2v) is 5.29. The first-order chi connectivity index (χ1) is 13.4. The molecule has 2 rings (SSSR count). The first-order valence-electron chi connectivity index (χ1n) is 7.81. The van der Waals surface area contributed by atoms with Crippen LogP contribution in [0.2, 0.25) is 0 Å². The van der Waals surface area contributed by atoms with Crippen LogP contribution in [-0.2, 0) is 9.59 Å². The van der Waals surface area contributed by atoms with Gasteiger partial charge in [-0.15, -0.1) is 0 Å². The van der Waals surface area contributed by atoms with Crippen molar-refractivity contribution in [2.45, 2.75) is 0 Å². The van der Waals surface area contributed by atoms with E-state index in [1.807, 2.05) is 0 Å². The lowest BCUT2D eigenvalue weighted by Gasteiger charge is -2.11. The summed E-state index contributed by atoms with van der Waals surface area (Å²) in [5.41, 5.74) is 2.70. The summed E-state index contributed by atoms with van der Waals surface area (Å²) in [6.45, 7) is -1.29. The van der Waals surface area contributed by atoms with E-state index in [-0.39, 0.29) is 22.8 Å². The van der Waals surface area contributed by atoms with Crippen molar-refractivity contribution in [1.29, 1.82) is 0 Å². The van der Waals surface area contributed by atoms with Gasteiger partial charge < -0.3 is 24.8 Å². The third kappa shape index (κ3) is 6.02. The zero-order valence-corrected chi connectivity index (χ0v) is 14.4. The summed E-state index contributed by atoms with van der Waals surface area (Å²) in [7, 11) is 0. The summed E-state index contributed by atoms with van der Waals surface area (Å²) in [5.74, 6) is -3.21. The Bertz CT molecular complexity index is 910. The number of aliphatic carboxylic acids is 2. The standard InChI is InChI=1S/C18H16N2O8/c21-13-4-2-1-3-12(13)18(26)20-19-8-11-5-6-14(27-9-16(22)23)15(7-11)28-10-17(24)25/h1-8,21H,9-10H2,(H,20,26)(H,22,23)(H,24,25)/b19-8-. The number of para-hydroxylation sites is 1. The molecule has 28 heavy (non-hydrogen) atoms. The molecule has 0 fully saturated rings. The number of rotatable bonds is 9. The second kappa shape index (κ2) is 9.57. The van der Waals surface area contributed by atoms with Gasteiger partial charge in [-0.1, -0.05) is 12.1 Å². The lowest BCUT2D eigenvalue weighted by atomic mass is 10.2. The van der Waals surface area contributed by atoms with Crippen molar-refractivity contribution >= 4 is 24.1 Å². The third-order valence-electron chi connectivity index (χ3n) is 3.20. The van der Waals surface area contributed by atoms with Gasteiger partial charge in [0, 0.05) is 0 Å². The Morgan fingerprint density at radius 1 is 0.964 bits per heavy atom. The van der Waals surface area contributed by atoms with Crippen molar-refractivity contribution < 1.29 is 39.2 Å². The molecule has 0 heterocycles. The summed E-state index contributed by atoms with van der Waals surface area (Å²) in [6, 6.07) is 10.2. The van der Waals surface area contributed by atoms with Crippen LogP contribution in [0.15, 0.2) is 47.6 Å². The van der Waals surface area contributed by atoms with Gasteiger partial charge in [0.15, 0.2) is 24.7 Å². The highest BCUT2D eigenvalue weighted by Crippen LogP contribution is 2.28. The molecule has 10 nitrogen and oxygen atoms in total. The molecule has 2 aromatic carbocycles. The molecule has 0 aliphatic carbocycles. The summed E-state index contributed by atoms with van der Waals surface area (Å²) in [4.78, 5) is 33.3. The SMILES string of the molecule is O=C(O)COc1ccc(/C=N\NC(=O)c2ccccc2O)cc1OCC(=O)O. The Labute approximate surface area is 158 Å². The van der Waals surface area contributed by atoms with E-state index in [2.05, 4.69) is 10.5 Å². The number of carbonyl (C=O) groups is 3. The van der Waals surface area contributed by atoms with Gasteiger partial charge in [0.2, 0.25) is 0 Å². The molecule has 4 N–H and O–H groups in total. The molecule has 0 unspecified atom stereocenters. The number of benzene rings is 2. The van der Waals surface area contributed by atoms with Crippen molar-refractivity contribution in [3.8, 4) is 17.2 Å². The predicted octanol–water partition coefficient (Wildman–Crippen LogP) is 1.08. The summed E-state index contributed by atoms with van der Waals surface area (Å²) >= 11 is 0. The van der Waals surface area contributed by atoms with Gasteiger partial charge in [-0.25, -0.2) is 15.0 Å². The number of nitrogens with zero attached hydrogens (tertiary/aromatic N) is 1. The number of hydrogen-bond donors (Lipinski definition) is 4. The van der Waals surface area contributed by atoms with Gasteiger partial charge in [0.05, 0.1) is 11.8 Å². The predicted molar refractivity (Wildman–Crippen MR) is 95.9 cm³/mol. The van der Waals surface area contributed by atoms with Crippen LogP contribution in [0.5, 0.6) is 17.2 Å². The fraction of sp³-hybridized carbons (Fsp3) is 0.111. The van der Waals surface area contributed by atoms with Crippen LogP contribution in [-0.4, -0.2) is 52.6 Å². The van der Waals surface area contributed by atoms with Crippen molar-refractivity contribution in [1.82, 2.24) is 5.43 Å². The van der Waals surface area contributed by atoms with Gasteiger partial charge in [0.25, 0.3) is 5.91 Å². The van der Waals surface area contributed by atoms with Crippen LogP contribution in [0.25, 0.3) is 0 Å². The lowest BCUT2D eigenvalue weighted by Crippen LogP contribution is -2.17. The van der Waals surface area contributed by atoms with E-state index < -0.39 is 31.1 Å². The molecule has 0 atom stereocenters.